The molecule has 0 saturated heterocycles. The first-order valence-electron chi connectivity index (χ1n) is 4.91. The van der Waals surface area contributed by atoms with Crippen LogP contribution in [0.25, 0.3) is 0 Å². The lowest BCUT2D eigenvalue weighted by molar-refractivity contribution is -0.384. The molecule has 1 aromatic carbocycles. The monoisotopic (exact) mass is 264 g/mol. The van der Waals surface area contributed by atoms with Gasteiger partial charge in [-0.3, -0.25) is 14.9 Å². The molecule has 7 nitrogen and oxygen atoms in total. The van der Waals surface area contributed by atoms with Crippen LogP contribution in [0.4, 0.5) is 11.4 Å². The molecule has 18 heavy (non-hydrogen) atoms. The molecular weight excluding hydrogens is 256 g/mol. The fourth-order valence-electron chi connectivity index (χ4n) is 1.31. The molecule has 1 amide bonds. The number of nitrogens with zero attached hydrogens (tertiary/aromatic N) is 3. The topological polar surface area (TPSA) is 98.0 Å². The molecule has 2 rings (SSSR count). The summed E-state index contributed by atoms with van der Waals surface area (Å²) in [6, 6.07) is 4.27. The van der Waals surface area contributed by atoms with Crippen molar-refractivity contribution < 1.29 is 9.72 Å². The minimum absolute atomic E-state index is 0.0766. The Balaban J connectivity index is 2.26. The average molecular weight is 264 g/mol. The molecule has 0 atom stereocenters. The van der Waals surface area contributed by atoms with E-state index in [2.05, 4.69) is 14.9 Å². The largest absolute Gasteiger partial charge is 0.320 e. The Labute approximate surface area is 106 Å². The van der Waals surface area contributed by atoms with Crippen molar-refractivity contribution in [1.82, 2.24) is 9.59 Å². The maximum atomic E-state index is 11.7. The molecule has 8 heteroatoms. The van der Waals surface area contributed by atoms with E-state index in [1.54, 1.807) is 13.0 Å². The zero-order valence-corrected chi connectivity index (χ0v) is 10.1. The molecule has 0 unspecified atom stereocenters. The van der Waals surface area contributed by atoms with Crippen molar-refractivity contribution in [2.24, 2.45) is 0 Å². The van der Waals surface area contributed by atoms with E-state index in [0.29, 0.717) is 5.69 Å². The van der Waals surface area contributed by atoms with Gasteiger partial charge in [0.2, 0.25) is 0 Å². The summed E-state index contributed by atoms with van der Waals surface area (Å²) in [5.41, 5.74) is 1.23. The Bertz CT molecular complexity index is 597. The van der Waals surface area contributed by atoms with Gasteiger partial charge in [-0.05, 0) is 24.0 Å². The van der Waals surface area contributed by atoms with Crippen molar-refractivity contribution in [3.63, 3.8) is 0 Å². The number of anilines is 1. The standard InChI is InChI=1S/C10H8N4O3S/c1-6-2-3-7(14(16)17)4-8(6)11-10(15)9-5-18-13-12-9/h2-5H,1H3,(H,11,15). The quantitative estimate of drug-likeness (QED) is 0.675. The van der Waals surface area contributed by atoms with Crippen LogP contribution in [0.3, 0.4) is 0 Å². The number of rotatable bonds is 3. The number of aromatic nitrogens is 2. The molecule has 92 valence electrons. The molecule has 0 bridgehead atoms. The van der Waals surface area contributed by atoms with Gasteiger partial charge >= 0.3 is 0 Å². The van der Waals surface area contributed by atoms with E-state index in [0.717, 1.165) is 17.1 Å². The first-order valence-corrected chi connectivity index (χ1v) is 5.75. The Morgan fingerprint density at radius 3 is 2.89 bits per heavy atom. The highest BCUT2D eigenvalue weighted by molar-refractivity contribution is 7.03. The Morgan fingerprint density at radius 1 is 1.50 bits per heavy atom. The Kier molecular flexibility index (Phi) is 3.28. The molecular formula is C10H8N4O3S. The van der Waals surface area contributed by atoms with E-state index in [9.17, 15) is 14.9 Å². The fourth-order valence-corrected chi connectivity index (χ4v) is 1.74. The second-order valence-electron chi connectivity index (χ2n) is 3.50. The van der Waals surface area contributed by atoms with Crippen LogP contribution in [0.5, 0.6) is 0 Å². The number of hydrogen-bond acceptors (Lipinski definition) is 6. The van der Waals surface area contributed by atoms with Gasteiger partial charge in [0.25, 0.3) is 11.6 Å². The molecule has 1 heterocycles. The van der Waals surface area contributed by atoms with E-state index >= 15 is 0 Å². The second-order valence-corrected chi connectivity index (χ2v) is 4.11. The first-order chi connectivity index (χ1) is 8.58. The van der Waals surface area contributed by atoms with Crippen molar-refractivity contribution in [2.45, 2.75) is 6.92 Å². The highest BCUT2D eigenvalue weighted by Gasteiger charge is 2.13. The van der Waals surface area contributed by atoms with Gasteiger partial charge in [-0.2, -0.15) is 0 Å². The number of amides is 1. The molecule has 0 spiro atoms. The van der Waals surface area contributed by atoms with E-state index in [-0.39, 0.29) is 11.4 Å². The second kappa shape index (κ2) is 4.88. The van der Waals surface area contributed by atoms with Crippen LogP contribution >= 0.6 is 11.5 Å². The van der Waals surface area contributed by atoms with Crippen molar-refractivity contribution >= 4 is 28.8 Å². The van der Waals surface area contributed by atoms with Gasteiger partial charge in [0, 0.05) is 17.5 Å². The number of nitro benzene ring substituents is 1. The minimum Gasteiger partial charge on any atom is -0.320 e. The number of non-ortho nitro benzene ring substituents is 1. The van der Waals surface area contributed by atoms with Crippen LogP contribution in [-0.4, -0.2) is 20.4 Å². The third-order valence-electron chi connectivity index (χ3n) is 2.27. The number of benzene rings is 1. The summed E-state index contributed by atoms with van der Waals surface area (Å²) in [5.74, 6) is -0.438. The third-order valence-corrected chi connectivity index (χ3v) is 2.78. The number of nitrogens with one attached hydrogen (secondary N) is 1. The highest BCUT2D eigenvalue weighted by Crippen LogP contribution is 2.22. The SMILES string of the molecule is Cc1ccc([N+](=O)[O-])cc1NC(=O)c1csnn1. The molecule has 1 N–H and O–H groups in total. The van der Waals surface area contributed by atoms with Crippen LogP contribution in [-0.2, 0) is 0 Å². The summed E-state index contributed by atoms with van der Waals surface area (Å²) in [6.07, 6.45) is 0. The van der Waals surface area contributed by atoms with Crippen molar-refractivity contribution in [3.05, 3.63) is 45.0 Å². The lowest BCUT2D eigenvalue weighted by Gasteiger charge is -2.06. The number of carbonyl (C=O) groups is 1. The molecule has 0 aliphatic rings. The predicted octanol–water partition coefficient (Wildman–Crippen LogP) is 2.01. The summed E-state index contributed by atoms with van der Waals surface area (Å²) in [4.78, 5) is 21.9. The van der Waals surface area contributed by atoms with E-state index < -0.39 is 10.8 Å². The maximum Gasteiger partial charge on any atom is 0.277 e. The van der Waals surface area contributed by atoms with Crippen LogP contribution in [0, 0.1) is 17.0 Å². The number of nitro groups is 1. The summed E-state index contributed by atoms with van der Waals surface area (Å²) in [7, 11) is 0. The Hall–Kier alpha value is -2.35. The molecule has 0 fully saturated rings. The van der Waals surface area contributed by atoms with Gasteiger partial charge in [0.15, 0.2) is 5.69 Å². The summed E-state index contributed by atoms with van der Waals surface area (Å²) in [6.45, 7) is 1.75. The zero-order chi connectivity index (χ0) is 13.1. The van der Waals surface area contributed by atoms with Crippen LogP contribution in [0.1, 0.15) is 16.1 Å². The number of hydrogen-bond donors (Lipinski definition) is 1. The van der Waals surface area contributed by atoms with Gasteiger partial charge in [-0.1, -0.05) is 10.6 Å². The fraction of sp³-hybridized carbons (Fsp3) is 0.100. The minimum atomic E-state index is -0.514. The molecule has 0 aliphatic carbocycles. The van der Waals surface area contributed by atoms with Gasteiger partial charge in [0.1, 0.15) is 0 Å². The predicted molar refractivity (Wildman–Crippen MR) is 65.7 cm³/mol. The average Bonchev–Trinajstić information content (AvgIpc) is 2.85. The molecule has 0 saturated carbocycles. The number of aryl methyl sites for hydroxylation is 1. The molecule has 2 aromatic rings. The lowest BCUT2D eigenvalue weighted by Crippen LogP contribution is -2.13. The smallest absolute Gasteiger partial charge is 0.277 e. The van der Waals surface area contributed by atoms with Gasteiger partial charge in [0.05, 0.1) is 10.6 Å². The zero-order valence-electron chi connectivity index (χ0n) is 9.28. The van der Waals surface area contributed by atoms with Crippen molar-refractivity contribution in [2.75, 3.05) is 5.32 Å². The molecule has 0 radical (unpaired) electrons. The van der Waals surface area contributed by atoms with Gasteiger partial charge < -0.3 is 5.32 Å². The van der Waals surface area contributed by atoms with Crippen LogP contribution in [0.2, 0.25) is 0 Å². The first kappa shape index (κ1) is 12.1. The van der Waals surface area contributed by atoms with E-state index in [1.807, 2.05) is 0 Å². The van der Waals surface area contributed by atoms with E-state index in [4.69, 9.17) is 0 Å². The third kappa shape index (κ3) is 2.48. The number of carbonyl (C=O) groups excluding carboxylic acids is 1. The van der Waals surface area contributed by atoms with E-state index in [1.165, 1.54) is 17.5 Å². The van der Waals surface area contributed by atoms with Crippen LogP contribution in [0.15, 0.2) is 23.6 Å². The molecule has 1 aromatic heterocycles. The maximum absolute atomic E-state index is 11.7. The summed E-state index contributed by atoms with van der Waals surface area (Å²) >= 11 is 1.06. The molecule has 0 aliphatic heterocycles. The lowest BCUT2D eigenvalue weighted by atomic mass is 10.2. The van der Waals surface area contributed by atoms with Crippen LogP contribution < -0.4 is 5.32 Å². The summed E-state index contributed by atoms with van der Waals surface area (Å²) in [5, 5.41) is 18.3. The highest BCUT2D eigenvalue weighted by atomic mass is 32.1. The van der Waals surface area contributed by atoms with Gasteiger partial charge in [-0.15, -0.1) is 5.10 Å². The van der Waals surface area contributed by atoms with Gasteiger partial charge in [-0.25, -0.2) is 0 Å². The van der Waals surface area contributed by atoms with Crippen molar-refractivity contribution in [3.8, 4) is 0 Å². The Morgan fingerprint density at radius 2 is 2.28 bits per heavy atom. The normalized spacial score (nSPS) is 10.1. The summed E-state index contributed by atoms with van der Waals surface area (Å²) < 4.78 is 3.58. The van der Waals surface area contributed by atoms with Crippen molar-refractivity contribution in [1.29, 1.82) is 0 Å².